The van der Waals surface area contributed by atoms with E-state index >= 15 is 4.39 Å². The quantitative estimate of drug-likeness (QED) is 0.144. The molecule has 0 bridgehead atoms. The van der Waals surface area contributed by atoms with Gasteiger partial charge in [0.2, 0.25) is 21.7 Å². The maximum absolute atomic E-state index is 15.5. The summed E-state index contributed by atoms with van der Waals surface area (Å²) < 4.78 is 113. The second-order valence-corrected chi connectivity index (χ2v) is 12.8. The lowest BCUT2D eigenvalue weighted by Gasteiger charge is -2.41. The monoisotopic (exact) mass is 670 g/mol. The molecule has 2 amide bonds. The van der Waals surface area contributed by atoms with Gasteiger partial charge in [0, 0.05) is 18.3 Å². The van der Waals surface area contributed by atoms with E-state index < -0.39 is 86.5 Å². The van der Waals surface area contributed by atoms with E-state index in [1.807, 2.05) is 11.5 Å². The third-order valence-electron chi connectivity index (χ3n) is 8.20. The first-order chi connectivity index (χ1) is 21.9. The molecule has 1 aliphatic carbocycles. The number of sulfonamides is 1. The molecule has 2 heterocycles. The third kappa shape index (κ3) is 6.20. The summed E-state index contributed by atoms with van der Waals surface area (Å²) in [6.45, 7) is -0.893. The number of rotatable bonds is 9. The zero-order valence-electron chi connectivity index (χ0n) is 24.3. The predicted octanol–water partition coefficient (Wildman–Crippen LogP) is 5.25. The highest BCUT2D eigenvalue weighted by molar-refractivity contribution is 7.89. The van der Waals surface area contributed by atoms with Gasteiger partial charge in [0.05, 0.1) is 25.0 Å². The van der Waals surface area contributed by atoms with E-state index in [1.54, 1.807) is 12.3 Å². The van der Waals surface area contributed by atoms with E-state index in [1.165, 1.54) is 13.2 Å². The highest BCUT2D eigenvalue weighted by Gasteiger charge is 2.48. The summed E-state index contributed by atoms with van der Waals surface area (Å²) in [6.07, 6.45) is 6.73. The number of aromatic nitrogens is 1. The Kier molecular flexibility index (Phi) is 9.70. The van der Waals surface area contributed by atoms with Crippen molar-refractivity contribution in [3.63, 3.8) is 0 Å². The molecule has 1 saturated carbocycles. The number of anilines is 1. The maximum Gasteiger partial charge on any atom is 0.274 e. The maximum atomic E-state index is 15.5. The lowest BCUT2D eigenvalue weighted by Crippen LogP contribution is -2.59. The summed E-state index contributed by atoms with van der Waals surface area (Å²) in [4.78, 5) is 33.7. The summed E-state index contributed by atoms with van der Waals surface area (Å²) in [5.41, 5.74) is 2.72. The van der Waals surface area contributed by atoms with Crippen LogP contribution in [0.1, 0.15) is 66.1 Å². The van der Waals surface area contributed by atoms with Gasteiger partial charge in [-0.2, -0.15) is 4.31 Å². The number of carbonyl (C=O) groups is 2. The Labute approximate surface area is 260 Å². The molecule has 16 heteroatoms. The van der Waals surface area contributed by atoms with Crippen molar-refractivity contribution in [2.75, 3.05) is 18.6 Å². The summed E-state index contributed by atoms with van der Waals surface area (Å²) in [6, 6.07) is 4.85. The number of hydroxylamine groups is 1. The molecule has 3 aromatic rings. The molecular formula is C30H28F6N4O5S. The minimum atomic E-state index is -5.45. The van der Waals surface area contributed by atoms with Crippen molar-refractivity contribution >= 4 is 27.5 Å². The van der Waals surface area contributed by atoms with Crippen LogP contribution in [0.2, 0.25) is 0 Å². The van der Waals surface area contributed by atoms with Crippen LogP contribution in [0.5, 0.6) is 0 Å². The topological polar surface area (TPSA) is 109 Å². The van der Waals surface area contributed by atoms with E-state index in [0.29, 0.717) is 10.2 Å². The number of nitrogens with zero attached hydrogens (tertiary/aromatic N) is 3. The second-order valence-electron chi connectivity index (χ2n) is 11.0. The molecule has 1 atom stereocenters. The van der Waals surface area contributed by atoms with Crippen LogP contribution in [0.15, 0.2) is 41.4 Å². The van der Waals surface area contributed by atoms with Crippen molar-refractivity contribution in [3.05, 3.63) is 88.3 Å². The zero-order valence-corrected chi connectivity index (χ0v) is 25.2. The van der Waals surface area contributed by atoms with Crippen molar-refractivity contribution in [2.45, 2.75) is 61.9 Å². The number of amides is 2. The van der Waals surface area contributed by atoms with Crippen LogP contribution >= 0.6 is 0 Å². The first-order valence-electron chi connectivity index (χ1n) is 14.3. The molecule has 0 unspecified atom stereocenters. The number of carbonyl (C=O) groups excluding carboxylic acids is 2. The Hall–Kier alpha value is -4.02. The van der Waals surface area contributed by atoms with Crippen LogP contribution in [0.3, 0.4) is 0 Å². The molecule has 1 aliphatic heterocycles. The van der Waals surface area contributed by atoms with Crippen molar-refractivity contribution in [3.8, 4) is 0 Å². The fourth-order valence-electron chi connectivity index (χ4n) is 5.68. The lowest BCUT2D eigenvalue weighted by atomic mass is 9.85. The van der Waals surface area contributed by atoms with Crippen molar-refractivity contribution in [1.82, 2.24) is 14.8 Å². The highest BCUT2D eigenvalue weighted by atomic mass is 32.2. The average molecular weight is 671 g/mol. The van der Waals surface area contributed by atoms with E-state index in [2.05, 4.69) is 9.82 Å². The standard InChI is InChI=1S/C30H28F6N4O5S/c1-45-38-29(41)17-8-10-21(20(31)13-17)39(15-19-9-7-18(14-37-19)16-5-3-2-4-6-16)30(42)22-11-12-40(22)46(43,44)28-26(35)24(33)23(32)25(34)27(28)36/h7-10,13-14,16,22H,2-6,11-12,15H2,1H3,(H,38,41)/t22-/m1/s1. The van der Waals surface area contributed by atoms with Gasteiger partial charge in [0.25, 0.3) is 5.91 Å². The van der Waals surface area contributed by atoms with Crippen LogP contribution in [0.4, 0.5) is 32.0 Å². The molecule has 1 saturated heterocycles. The van der Waals surface area contributed by atoms with Crippen molar-refractivity contribution in [2.24, 2.45) is 0 Å². The fraction of sp³-hybridized carbons (Fsp3) is 0.367. The predicted molar refractivity (Wildman–Crippen MR) is 151 cm³/mol. The first-order valence-corrected chi connectivity index (χ1v) is 15.7. The molecule has 46 heavy (non-hydrogen) atoms. The molecule has 2 aromatic carbocycles. The molecule has 5 rings (SSSR count). The van der Waals surface area contributed by atoms with E-state index in [4.69, 9.17) is 0 Å². The molecular weight excluding hydrogens is 642 g/mol. The Morgan fingerprint density at radius 1 is 0.935 bits per heavy atom. The second kappa shape index (κ2) is 13.4. The van der Waals surface area contributed by atoms with Crippen molar-refractivity contribution in [1.29, 1.82) is 0 Å². The Morgan fingerprint density at radius 2 is 1.59 bits per heavy atom. The van der Waals surface area contributed by atoms with E-state index in [-0.39, 0.29) is 17.7 Å². The Morgan fingerprint density at radius 3 is 2.13 bits per heavy atom. The SMILES string of the molecule is CONC(=O)c1ccc(N(Cc2ccc(C3CCCCC3)cn2)C(=O)[C@H]2CCN2S(=O)(=O)c2c(F)c(F)c(F)c(F)c2F)c(F)c1. The van der Waals surface area contributed by atoms with Crippen LogP contribution in [-0.2, 0) is 26.2 Å². The number of benzene rings is 2. The van der Waals surface area contributed by atoms with Gasteiger partial charge in [-0.3, -0.25) is 19.4 Å². The molecule has 0 radical (unpaired) electrons. The molecule has 9 nitrogen and oxygen atoms in total. The molecule has 0 spiro atoms. The fourth-order valence-corrected chi connectivity index (χ4v) is 7.42. The Balaban J connectivity index is 1.49. The van der Waals surface area contributed by atoms with E-state index in [9.17, 15) is 40.0 Å². The number of nitrogens with one attached hydrogen (secondary N) is 1. The van der Waals surface area contributed by atoms with Crippen LogP contribution < -0.4 is 10.4 Å². The largest absolute Gasteiger partial charge is 0.302 e. The summed E-state index contributed by atoms with van der Waals surface area (Å²) in [5.74, 6) is -15.3. The van der Waals surface area contributed by atoms with Gasteiger partial charge >= 0.3 is 0 Å². The van der Waals surface area contributed by atoms with E-state index in [0.717, 1.165) is 54.7 Å². The summed E-state index contributed by atoms with van der Waals surface area (Å²) >= 11 is 0. The zero-order chi connectivity index (χ0) is 33.3. The van der Waals surface area contributed by atoms with Crippen molar-refractivity contribution < 1.29 is 49.2 Å². The van der Waals surface area contributed by atoms with Gasteiger partial charge in [0.15, 0.2) is 28.2 Å². The van der Waals surface area contributed by atoms with Gasteiger partial charge in [-0.25, -0.2) is 40.2 Å². The van der Waals surface area contributed by atoms with Gasteiger partial charge in [0.1, 0.15) is 11.9 Å². The van der Waals surface area contributed by atoms with Gasteiger partial charge < -0.3 is 4.90 Å². The Bertz CT molecular complexity index is 1740. The molecule has 1 N–H and O–H groups in total. The molecule has 2 fully saturated rings. The minimum Gasteiger partial charge on any atom is -0.302 e. The number of pyridine rings is 1. The van der Waals surface area contributed by atoms with Crippen LogP contribution in [0, 0.1) is 34.9 Å². The normalized spacial score (nSPS) is 17.4. The van der Waals surface area contributed by atoms with Gasteiger partial charge in [-0.1, -0.05) is 25.3 Å². The highest BCUT2D eigenvalue weighted by Crippen LogP contribution is 2.36. The molecule has 246 valence electrons. The summed E-state index contributed by atoms with van der Waals surface area (Å²) in [5, 5.41) is 0. The van der Waals surface area contributed by atoms with Gasteiger partial charge in [-0.05, 0) is 55.0 Å². The van der Waals surface area contributed by atoms with Gasteiger partial charge in [-0.15, -0.1) is 0 Å². The molecule has 1 aromatic heterocycles. The number of hydrogen-bond donors (Lipinski definition) is 1. The molecule has 2 aliphatic rings. The third-order valence-corrected chi connectivity index (χ3v) is 10.1. The first kappa shape index (κ1) is 33.3. The number of halogens is 6. The van der Waals surface area contributed by atoms with Crippen LogP contribution in [-0.4, -0.2) is 49.2 Å². The number of hydrogen-bond acceptors (Lipinski definition) is 6. The summed E-state index contributed by atoms with van der Waals surface area (Å²) in [7, 11) is -4.28. The minimum absolute atomic E-state index is 0.176. The lowest BCUT2D eigenvalue weighted by molar-refractivity contribution is -0.125. The van der Waals surface area contributed by atoms with Crippen LogP contribution in [0.25, 0.3) is 0 Å². The smallest absolute Gasteiger partial charge is 0.274 e. The average Bonchev–Trinajstić information content (AvgIpc) is 3.02.